The van der Waals surface area contributed by atoms with Gasteiger partial charge in [0.1, 0.15) is 5.01 Å². The third-order valence-corrected chi connectivity index (χ3v) is 9.01. The summed E-state index contributed by atoms with van der Waals surface area (Å²) >= 11 is 4.78. The topological polar surface area (TPSA) is 72.7 Å². The first-order valence-electron chi connectivity index (χ1n) is 12.0. The number of benzene rings is 2. The number of amides is 1. The maximum absolute atomic E-state index is 12.7. The van der Waals surface area contributed by atoms with E-state index in [1.54, 1.807) is 22.7 Å². The number of rotatable bonds is 9. The minimum Gasteiger partial charge on any atom is -0.325 e. The van der Waals surface area contributed by atoms with Crippen molar-refractivity contribution in [2.45, 2.75) is 38.9 Å². The molecule has 0 atom stereocenters. The van der Waals surface area contributed by atoms with E-state index in [1.807, 2.05) is 34.9 Å². The number of carbonyl (C=O) groups excluding carboxylic acids is 1. The highest BCUT2D eigenvalue weighted by atomic mass is 32.2. The second kappa shape index (κ2) is 11.0. The van der Waals surface area contributed by atoms with Gasteiger partial charge in [0.05, 0.1) is 16.0 Å². The van der Waals surface area contributed by atoms with E-state index in [9.17, 15) is 4.79 Å². The van der Waals surface area contributed by atoms with Crippen molar-refractivity contribution in [1.82, 2.24) is 19.7 Å². The standard InChI is InChI=1S/C28H27N5OS3/c1-5-13-33-26(22-15-35-18(4)21(22)6-2)31-32-28(33)36-16-25(34)29-20-10-8-19(9-11-20)27-30-23-12-7-17(3)14-24(23)37-27/h5,7-12,14-15H,1,6,13,16H2,2-4H3,(H,29,34). The van der Waals surface area contributed by atoms with Crippen molar-refractivity contribution in [3.63, 3.8) is 0 Å². The molecular formula is C28H27N5OS3. The summed E-state index contributed by atoms with van der Waals surface area (Å²) in [6.07, 6.45) is 2.77. The van der Waals surface area contributed by atoms with Crippen LogP contribution in [0.4, 0.5) is 5.69 Å². The van der Waals surface area contributed by atoms with Crippen molar-refractivity contribution in [1.29, 1.82) is 0 Å². The molecule has 37 heavy (non-hydrogen) atoms. The SMILES string of the molecule is C=CCn1c(SCC(=O)Nc2ccc(-c3nc4ccc(C)cc4s3)cc2)nnc1-c1csc(C)c1CC. The highest BCUT2D eigenvalue weighted by Gasteiger charge is 2.19. The number of hydrogen-bond acceptors (Lipinski definition) is 7. The Bertz CT molecular complexity index is 1580. The molecule has 0 saturated heterocycles. The van der Waals surface area contributed by atoms with Crippen LogP contribution in [0, 0.1) is 13.8 Å². The van der Waals surface area contributed by atoms with Gasteiger partial charge in [-0.25, -0.2) is 4.98 Å². The molecular weight excluding hydrogens is 519 g/mol. The van der Waals surface area contributed by atoms with Gasteiger partial charge in [-0.15, -0.1) is 39.4 Å². The smallest absolute Gasteiger partial charge is 0.234 e. The maximum Gasteiger partial charge on any atom is 0.234 e. The zero-order valence-electron chi connectivity index (χ0n) is 20.9. The molecule has 188 valence electrons. The number of fused-ring (bicyclic) bond motifs is 1. The normalized spacial score (nSPS) is 11.2. The summed E-state index contributed by atoms with van der Waals surface area (Å²) in [7, 11) is 0. The van der Waals surface area contributed by atoms with Gasteiger partial charge in [0.15, 0.2) is 11.0 Å². The molecule has 0 bridgehead atoms. The third kappa shape index (κ3) is 5.39. The Labute approximate surface area is 228 Å². The van der Waals surface area contributed by atoms with Crippen LogP contribution < -0.4 is 5.32 Å². The molecule has 1 amide bonds. The Morgan fingerprint density at radius 3 is 2.73 bits per heavy atom. The third-order valence-electron chi connectivity index (χ3n) is 6.02. The molecule has 0 saturated carbocycles. The van der Waals surface area contributed by atoms with Gasteiger partial charge in [0.25, 0.3) is 0 Å². The van der Waals surface area contributed by atoms with E-state index in [0.29, 0.717) is 11.7 Å². The Kier molecular flexibility index (Phi) is 7.55. The fraction of sp³-hybridized carbons (Fsp3) is 0.214. The summed E-state index contributed by atoms with van der Waals surface area (Å²) in [5.74, 6) is 0.963. The van der Waals surface area contributed by atoms with Crippen molar-refractivity contribution in [2.75, 3.05) is 11.1 Å². The molecule has 0 spiro atoms. The second-order valence-corrected chi connectivity index (χ2v) is 11.7. The number of thioether (sulfide) groups is 1. The van der Waals surface area contributed by atoms with Crippen LogP contribution in [0.2, 0.25) is 0 Å². The summed E-state index contributed by atoms with van der Waals surface area (Å²) in [6.45, 7) is 10.8. The predicted octanol–water partition coefficient (Wildman–Crippen LogP) is 7.38. The van der Waals surface area contributed by atoms with E-state index < -0.39 is 0 Å². The highest BCUT2D eigenvalue weighted by Crippen LogP contribution is 2.33. The minimum absolute atomic E-state index is 0.0939. The van der Waals surface area contributed by atoms with E-state index in [0.717, 1.165) is 39.6 Å². The monoisotopic (exact) mass is 545 g/mol. The number of nitrogens with zero attached hydrogens (tertiary/aromatic N) is 4. The summed E-state index contributed by atoms with van der Waals surface area (Å²) in [4.78, 5) is 18.8. The molecule has 1 N–H and O–H groups in total. The highest BCUT2D eigenvalue weighted by molar-refractivity contribution is 7.99. The van der Waals surface area contributed by atoms with E-state index in [2.05, 4.69) is 66.4 Å². The first kappa shape index (κ1) is 25.4. The number of hydrogen-bond donors (Lipinski definition) is 1. The van der Waals surface area contributed by atoms with Gasteiger partial charge in [0.2, 0.25) is 5.91 Å². The molecule has 5 aromatic rings. The van der Waals surface area contributed by atoms with E-state index in [1.165, 1.54) is 32.5 Å². The number of anilines is 1. The Morgan fingerprint density at radius 2 is 1.97 bits per heavy atom. The largest absolute Gasteiger partial charge is 0.325 e. The van der Waals surface area contributed by atoms with E-state index >= 15 is 0 Å². The lowest BCUT2D eigenvalue weighted by molar-refractivity contribution is -0.113. The first-order chi connectivity index (χ1) is 18.0. The summed E-state index contributed by atoms with van der Waals surface area (Å²) in [5, 5.41) is 15.6. The number of aryl methyl sites for hydroxylation is 2. The average molecular weight is 546 g/mol. The first-order valence-corrected chi connectivity index (χ1v) is 14.7. The van der Waals surface area contributed by atoms with Crippen molar-refractivity contribution in [3.8, 4) is 22.0 Å². The van der Waals surface area contributed by atoms with Crippen LogP contribution >= 0.6 is 34.4 Å². The molecule has 0 unspecified atom stereocenters. The molecule has 6 nitrogen and oxygen atoms in total. The van der Waals surface area contributed by atoms with Crippen LogP contribution in [-0.2, 0) is 17.8 Å². The average Bonchev–Trinajstić information content (AvgIpc) is 3.59. The molecule has 9 heteroatoms. The molecule has 0 fully saturated rings. The van der Waals surface area contributed by atoms with E-state index in [-0.39, 0.29) is 11.7 Å². The van der Waals surface area contributed by atoms with Crippen LogP contribution in [0.25, 0.3) is 32.2 Å². The zero-order valence-corrected chi connectivity index (χ0v) is 23.4. The fourth-order valence-corrected chi connectivity index (χ4v) is 6.93. The lowest BCUT2D eigenvalue weighted by Crippen LogP contribution is -2.14. The number of carbonyl (C=O) groups is 1. The summed E-state index contributed by atoms with van der Waals surface area (Å²) in [5.41, 5.74) is 6.42. The zero-order chi connectivity index (χ0) is 25.9. The molecule has 5 rings (SSSR count). The van der Waals surface area contributed by atoms with Crippen LogP contribution in [-0.4, -0.2) is 31.4 Å². The molecule has 0 radical (unpaired) electrons. The number of nitrogens with one attached hydrogen (secondary N) is 1. The summed E-state index contributed by atoms with van der Waals surface area (Å²) in [6, 6.07) is 14.1. The van der Waals surface area contributed by atoms with Crippen molar-refractivity contribution in [3.05, 3.63) is 76.5 Å². The second-order valence-electron chi connectivity index (χ2n) is 8.65. The van der Waals surface area contributed by atoms with Gasteiger partial charge in [0, 0.05) is 33.6 Å². The minimum atomic E-state index is -0.0939. The fourth-order valence-electron chi connectivity index (χ4n) is 4.17. The number of thiophene rings is 1. The van der Waals surface area contributed by atoms with Crippen molar-refractivity contribution < 1.29 is 4.79 Å². The van der Waals surface area contributed by atoms with Gasteiger partial charge in [-0.2, -0.15) is 0 Å². The molecule has 3 aromatic heterocycles. The molecule has 0 aliphatic rings. The molecule has 0 aliphatic heterocycles. The number of thiazole rings is 1. The lowest BCUT2D eigenvalue weighted by atomic mass is 10.1. The number of allylic oxidation sites excluding steroid dienone is 1. The van der Waals surface area contributed by atoms with Crippen LogP contribution in [0.1, 0.15) is 22.9 Å². The lowest BCUT2D eigenvalue weighted by Gasteiger charge is -2.09. The van der Waals surface area contributed by atoms with Gasteiger partial charge in [-0.1, -0.05) is 30.8 Å². The predicted molar refractivity (Wildman–Crippen MR) is 157 cm³/mol. The number of aromatic nitrogens is 4. The quantitative estimate of drug-likeness (QED) is 0.155. The Balaban J connectivity index is 1.25. The molecule has 3 heterocycles. The van der Waals surface area contributed by atoms with Gasteiger partial charge >= 0.3 is 0 Å². The molecule has 0 aliphatic carbocycles. The Hall–Kier alpha value is -3.27. The maximum atomic E-state index is 12.7. The van der Waals surface area contributed by atoms with Gasteiger partial charge in [-0.3, -0.25) is 9.36 Å². The van der Waals surface area contributed by atoms with Crippen LogP contribution in [0.5, 0.6) is 0 Å². The van der Waals surface area contributed by atoms with Crippen molar-refractivity contribution in [2.24, 2.45) is 0 Å². The van der Waals surface area contributed by atoms with Crippen LogP contribution in [0.3, 0.4) is 0 Å². The Morgan fingerprint density at radius 1 is 1.16 bits per heavy atom. The summed E-state index contributed by atoms with van der Waals surface area (Å²) < 4.78 is 3.21. The van der Waals surface area contributed by atoms with Gasteiger partial charge in [-0.05, 0) is 67.8 Å². The van der Waals surface area contributed by atoms with Crippen LogP contribution in [0.15, 0.2) is 65.7 Å². The molecule has 2 aromatic carbocycles. The van der Waals surface area contributed by atoms with Gasteiger partial charge < -0.3 is 5.32 Å². The van der Waals surface area contributed by atoms with Crippen molar-refractivity contribution >= 4 is 56.2 Å². The van der Waals surface area contributed by atoms with E-state index in [4.69, 9.17) is 4.98 Å².